The molecule has 0 fully saturated rings. The Morgan fingerprint density at radius 3 is 1.55 bits per heavy atom. The van der Waals surface area contributed by atoms with Gasteiger partial charge in [-0.25, -0.2) is 9.59 Å². The SMILES string of the molecule is CCCCCc1ccc(-c2cc3ccc(O)cc3oc2=O)cc1.CCCCCc1ccc(-c2cc3ccc(OC(C)=O)cc3oc2=O)cc1. The van der Waals surface area contributed by atoms with Crippen molar-refractivity contribution in [2.75, 3.05) is 0 Å². The molecule has 0 aliphatic rings. The lowest BCUT2D eigenvalue weighted by Crippen LogP contribution is -2.04. The second-order valence-electron chi connectivity index (χ2n) is 12.2. The number of phenols is 1. The smallest absolute Gasteiger partial charge is 0.344 e. The van der Waals surface area contributed by atoms with Gasteiger partial charge in [0.05, 0.1) is 11.1 Å². The molecule has 0 radical (unpaired) electrons. The molecular formula is C42H42O7. The van der Waals surface area contributed by atoms with Crippen LogP contribution >= 0.6 is 0 Å². The highest BCUT2D eigenvalue weighted by molar-refractivity contribution is 5.84. The van der Waals surface area contributed by atoms with Crippen molar-refractivity contribution < 1.29 is 23.5 Å². The Morgan fingerprint density at radius 2 is 1.08 bits per heavy atom. The summed E-state index contributed by atoms with van der Waals surface area (Å²) in [5.41, 5.74) is 5.33. The maximum Gasteiger partial charge on any atom is 0.344 e. The fraction of sp³-hybridized carbons (Fsp3) is 0.262. The minimum Gasteiger partial charge on any atom is -0.508 e. The molecule has 2 aromatic heterocycles. The zero-order valence-electron chi connectivity index (χ0n) is 28.3. The molecule has 2 heterocycles. The summed E-state index contributed by atoms with van der Waals surface area (Å²) in [7, 11) is 0. The highest BCUT2D eigenvalue weighted by Gasteiger charge is 2.11. The van der Waals surface area contributed by atoms with Crippen LogP contribution in [0.5, 0.6) is 11.5 Å². The van der Waals surface area contributed by atoms with Crippen LogP contribution in [0.2, 0.25) is 0 Å². The Morgan fingerprint density at radius 1 is 0.612 bits per heavy atom. The van der Waals surface area contributed by atoms with E-state index in [1.54, 1.807) is 30.3 Å². The number of aromatic hydroxyl groups is 1. The molecule has 0 amide bonds. The van der Waals surface area contributed by atoms with Crippen molar-refractivity contribution in [3.8, 4) is 33.8 Å². The standard InChI is InChI=1S/C22H22O4.C20H20O3/c1-3-4-5-6-16-7-9-17(10-8-16)20-13-18-11-12-19(25-15(2)23)14-21(18)26-22(20)24;1-2-3-4-5-14-6-8-15(9-7-14)18-12-16-10-11-17(21)13-19(16)23-20(18)22/h7-14H,3-6H2,1-2H3;6-13,21H,2-5H2,1H3. The van der Waals surface area contributed by atoms with Crippen LogP contribution in [0, 0.1) is 0 Å². The van der Waals surface area contributed by atoms with Crippen LogP contribution in [0.3, 0.4) is 0 Å². The number of phenolic OH excluding ortho intramolecular Hbond substituents is 1. The van der Waals surface area contributed by atoms with Crippen LogP contribution in [0.4, 0.5) is 0 Å². The number of esters is 1. The fourth-order valence-electron chi connectivity index (χ4n) is 5.68. The lowest BCUT2D eigenvalue weighted by molar-refractivity contribution is -0.131. The van der Waals surface area contributed by atoms with Gasteiger partial charge in [0.15, 0.2) is 0 Å². The number of hydrogen-bond acceptors (Lipinski definition) is 7. The molecule has 0 bridgehead atoms. The third kappa shape index (κ3) is 9.35. The quantitative estimate of drug-likeness (QED) is 0.0639. The van der Waals surface area contributed by atoms with Crippen LogP contribution in [-0.4, -0.2) is 11.1 Å². The number of unbranched alkanes of at least 4 members (excludes halogenated alkanes) is 4. The largest absolute Gasteiger partial charge is 0.508 e. The van der Waals surface area contributed by atoms with Gasteiger partial charge in [-0.05, 0) is 84.3 Å². The summed E-state index contributed by atoms with van der Waals surface area (Å²) in [5.74, 6) is 0.0320. The number of fused-ring (bicyclic) bond motifs is 2. The number of carbonyl (C=O) groups is 1. The fourth-order valence-corrected chi connectivity index (χ4v) is 5.68. The lowest BCUT2D eigenvalue weighted by Gasteiger charge is -2.06. The predicted octanol–water partition coefficient (Wildman–Crippen LogP) is 10.0. The predicted molar refractivity (Wildman–Crippen MR) is 195 cm³/mol. The molecule has 0 unspecified atom stereocenters. The number of aryl methyl sites for hydroxylation is 2. The van der Waals surface area contributed by atoms with Crippen molar-refractivity contribution >= 4 is 27.9 Å². The first kappa shape index (κ1) is 34.9. The first-order valence-electron chi connectivity index (χ1n) is 17.0. The molecule has 7 heteroatoms. The maximum absolute atomic E-state index is 12.4. The Bertz CT molecular complexity index is 2140. The Kier molecular flexibility index (Phi) is 11.8. The van der Waals surface area contributed by atoms with E-state index in [-0.39, 0.29) is 11.4 Å². The number of rotatable bonds is 11. The first-order chi connectivity index (χ1) is 23.7. The van der Waals surface area contributed by atoms with E-state index in [0.717, 1.165) is 34.7 Å². The molecule has 0 atom stereocenters. The number of ether oxygens (including phenoxy) is 1. The van der Waals surface area contributed by atoms with Crippen LogP contribution < -0.4 is 16.0 Å². The maximum atomic E-state index is 12.4. The van der Waals surface area contributed by atoms with Gasteiger partial charge in [-0.2, -0.15) is 0 Å². The first-order valence-corrected chi connectivity index (χ1v) is 17.0. The van der Waals surface area contributed by atoms with Crippen LogP contribution in [0.25, 0.3) is 44.2 Å². The normalized spacial score (nSPS) is 10.9. The zero-order chi connectivity index (χ0) is 34.8. The van der Waals surface area contributed by atoms with Gasteiger partial charge < -0.3 is 18.7 Å². The summed E-state index contributed by atoms with van der Waals surface area (Å²) >= 11 is 0. The molecule has 1 N–H and O–H groups in total. The second-order valence-corrected chi connectivity index (χ2v) is 12.2. The van der Waals surface area contributed by atoms with Crippen LogP contribution in [-0.2, 0) is 17.6 Å². The van der Waals surface area contributed by atoms with Crippen LogP contribution in [0.1, 0.15) is 70.4 Å². The van der Waals surface area contributed by atoms with Crippen molar-refractivity contribution in [1.82, 2.24) is 0 Å². The second kappa shape index (κ2) is 16.6. The molecule has 6 aromatic rings. The molecule has 0 saturated carbocycles. The van der Waals surface area contributed by atoms with Gasteiger partial charge in [-0.15, -0.1) is 0 Å². The van der Waals surface area contributed by atoms with E-state index in [4.69, 9.17) is 13.6 Å². The molecule has 0 spiro atoms. The molecule has 252 valence electrons. The Hall–Kier alpha value is -5.43. The van der Waals surface area contributed by atoms with Gasteiger partial charge in [0.25, 0.3) is 0 Å². The minimum atomic E-state index is -0.414. The molecule has 0 aliphatic carbocycles. The van der Waals surface area contributed by atoms with Crippen molar-refractivity contribution in [2.24, 2.45) is 0 Å². The number of hydrogen-bond donors (Lipinski definition) is 1. The molecule has 0 aliphatic heterocycles. The lowest BCUT2D eigenvalue weighted by atomic mass is 10.0. The van der Waals surface area contributed by atoms with Crippen molar-refractivity contribution in [2.45, 2.75) is 72.1 Å². The van der Waals surface area contributed by atoms with Gasteiger partial charge >= 0.3 is 17.2 Å². The summed E-state index contributed by atoms with van der Waals surface area (Å²) in [6.45, 7) is 5.72. The van der Waals surface area contributed by atoms with E-state index >= 15 is 0 Å². The molecule has 0 saturated heterocycles. The highest BCUT2D eigenvalue weighted by atomic mass is 16.5. The van der Waals surface area contributed by atoms with E-state index in [9.17, 15) is 19.5 Å². The topological polar surface area (TPSA) is 107 Å². The van der Waals surface area contributed by atoms with Crippen molar-refractivity contribution in [1.29, 1.82) is 0 Å². The number of carbonyl (C=O) groups excluding carboxylic acids is 1. The minimum absolute atomic E-state index is 0.0878. The summed E-state index contributed by atoms with van der Waals surface area (Å²) < 4.78 is 15.8. The summed E-state index contributed by atoms with van der Waals surface area (Å²) in [4.78, 5) is 35.6. The summed E-state index contributed by atoms with van der Waals surface area (Å²) in [5, 5.41) is 11.0. The van der Waals surface area contributed by atoms with Gasteiger partial charge in [0.1, 0.15) is 22.7 Å². The summed E-state index contributed by atoms with van der Waals surface area (Å²) in [6.07, 6.45) is 9.38. The van der Waals surface area contributed by atoms with E-state index in [1.165, 1.54) is 62.6 Å². The van der Waals surface area contributed by atoms with Crippen molar-refractivity contribution in [3.05, 3.63) is 129 Å². The van der Waals surface area contributed by atoms with Gasteiger partial charge in [0, 0.05) is 29.8 Å². The van der Waals surface area contributed by atoms with Crippen LogP contribution in [0.15, 0.2) is 115 Å². The zero-order valence-corrected chi connectivity index (χ0v) is 28.3. The molecule has 6 rings (SSSR count). The Labute approximate surface area is 285 Å². The average molecular weight is 659 g/mol. The van der Waals surface area contributed by atoms with Crippen molar-refractivity contribution in [3.63, 3.8) is 0 Å². The summed E-state index contributed by atoms with van der Waals surface area (Å²) in [6, 6.07) is 29.6. The van der Waals surface area contributed by atoms with Gasteiger partial charge in [0.2, 0.25) is 0 Å². The molecular weight excluding hydrogens is 616 g/mol. The van der Waals surface area contributed by atoms with E-state index in [1.807, 2.05) is 36.4 Å². The number of benzene rings is 4. The molecule has 49 heavy (non-hydrogen) atoms. The van der Waals surface area contributed by atoms with E-state index in [2.05, 4.69) is 38.1 Å². The van der Waals surface area contributed by atoms with E-state index in [0.29, 0.717) is 28.0 Å². The van der Waals surface area contributed by atoms with Gasteiger partial charge in [-0.1, -0.05) is 88.1 Å². The monoisotopic (exact) mass is 658 g/mol. The highest BCUT2D eigenvalue weighted by Crippen LogP contribution is 2.26. The Balaban J connectivity index is 0.000000192. The molecule has 7 nitrogen and oxygen atoms in total. The van der Waals surface area contributed by atoms with E-state index < -0.39 is 11.6 Å². The van der Waals surface area contributed by atoms with Gasteiger partial charge in [-0.3, -0.25) is 4.79 Å². The third-order valence-electron chi connectivity index (χ3n) is 8.36. The molecule has 4 aromatic carbocycles. The average Bonchev–Trinajstić information content (AvgIpc) is 3.09. The third-order valence-corrected chi connectivity index (χ3v) is 8.36.